The Morgan fingerprint density at radius 3 is 2.39 bits per heavy atom. The van der Waals surface area contributed by atoms with Gasteiger partial charge in [-0.15, -0.1) is 0 Å². The highest BCUT2D eigenvalue weighted by molar-refractivity contribution is 5.92. The van der Waals surface area contributed by atoms with Gasteiger partial charge in [0, 0.05) is 38.4 Å². The highest BCUT2D eigenvalue weighted by Crippen LogP contribution is 2.30. The van der Waals surface area contributed by atoms with Crippen LogP contribution in [0.5, 0.6) is 5.75 Å². The van der Waals surface area contributed by atoms with Gasteiger partial charge in [0.2, 0.25) is 5.91 Å². The summed E-state index contributed by atoms with van der Waals surface area (Å²) < 4.78 is 43.9. The van der Waals surface area contributed by atoms with Crippen LogP contribution in [0.15, 0.2) is 54.6 Å². The molecule has 6 nitrogen and oxygen atoms in total. The Labute approximate surface area is 179 Å². The monoisotopic (exact) mass is 437 g/mol. The Morgan fingerprint density at radius 2 is 1.71 bits per heavy atom. The first kappa shape index (κ1) is 23.1. The topological polar surface area (TPSA) is 65.0 Å². The molecule has 1 unspecified atom stereocenters. The van der Waals surface area contributed by atoms with E-state index in [0.717, 1.165) is 12.1 Å². The maximum absolute atomic E-state index is 12.8. The number of ether oxygens (including phenoxy) is 1. The van der Waals surface area contributed by atoms with Gasteiger partial charge in [-0.1, -0.05) is 24.3 Å². The van der Waals surface area contributed by atoms with Gasteiger partial charge in [0.15, 0.2) is 0 Å². The van der Waals surface area contributed by atoms with E-state index in [1.54, 1.807) is 0 Å². The summed E-state index contributed by atoms with van der Waals surface area (Å²) in [5.74, 6) is 0.349. The highest BCUT2D eigenvalue weighted by atomic mass is 19.4. The van der Waals surface area contributed by atoms with Crippen LogP contribution in [0.3, 0.4) is 0 Å². The number of nitrogens with zero attached hydrogens (tertiary/aromatic N) is 2. The van der Waals surface area contributed by atoms with Gasteiger partial charge in [-0.2, -0.15) is 13.2 Å². The number of β-amino-alcohol motifs (C(OH)–C–C–N with tert-alkyl or cyclic N) is 1. The number of piperazine rings is 1. The zero-order valence-corrected chi connectivity index (χ0v) is 17.0. The van der Waals surface area contributed by atoms with Gasteiger partial charge in [0.25, 0.3) is 0 Å². The van der Waals surface area contributed by atoms with E-state index >= 15 is 0 Å². The largest absolute Gasteiger partial charge is 0.491 e. The summed E-state index contributed by atoms with van der Waals surface area (Å²) in [4.78, 5) is 16.3. The van der Waals surface area contributed by atoms with Crippen LogP contribution in [0.1, 0.15) is 5.56 Å². The number of hydrogen-bond acceptors (Lipinski definition) is 5. The molecule has 1 saturated heterocycles. The fourth-order valence-corrected chi connectivity index (χ4v) is 3.37. The number of amides is 1. The van der Waals surface area contributed by atoms with Crippen molar-refractivity contribution in [3.8, 4) is 5.75 Å². The molecule has 0 radical (unpaired) electrons. The third-order valence-corrected chi connectivity index (χ3v) is 4.96. The van der Waals surface area contributed by atoms with E-state index in [9.17, 15) is 23.1 Å². The highest BCUT2D eigenvalue weighted by Gasteiger charge is 2.30. The predicted molar refractivity (Wildman–Crippen MR) is 111 cm³/mol. The van der Waals surface area contributed by atoms with Gasteiger partial charge in [0.1, 0.15) is 18.5 Å². The third-order valence-electron chi connectivity index (χ3n) is 4.96. The van der Waals surface area contributed by atoms with Crippen molar-refractivity contribution in [1.82, 2.24) is 9.80 Å². The number of aliphatic hydroxyl groups is 1. The molecule has 2 aromatic carbocycles. The number of nitrogens with one attached hydrogen (secondary N) is 1. The fourth-order valence-electron chi connectivity index (χ4n) is 3.37. The summed E-state index contributed by atoms with van der Waals surface area (Å²) in [5.41, 5.74) is -0.672. The molecule has 9 heteroatoms. The van der Waals surface area contributed by atoms with E-state index in [4.69, 9.17) is 4.74 Å². The molecule has 1 aliphatic heterocycles. The van der Waals surface area contributed by atoms with Gasteiger partial charge in [-0.25, -0.2) is 0 Å². The average Bonchev–Trinajstić information content (AvgIpc) is 2.74. The van der Waals surface area contributed by atoms with Crippen LogP contribution in [-0.2, 0) is 11.0 Å². The Balaban J connectivity index is 1.37. The summed E-state index contributed by atoms with van der Waals surface area (Å²) in [6, 6.07) is 13.9. The third kappa shape index (κ3) is 7.54. The molecule has 1 heterocycles. The minimum atomic E-state index is -4.45. The summed E-state index contributed by atoms with van der Waals surface area (Å²) >= 11 is 0. The van der Waals surface area contributed by atoms with Crippen LogP contribution in [0.4, 0.5) is 18.9 Å². The lowest BCUT2D eigenvalue weighted by Gasteiger charge is -2.35. The summed E-state index contributed by atoms with van der Waals surface area (Å²) in [6.45, 7) is 3.38. The maximum Gasteiger partial charge on any atom is 0.416 e. The Kier molecular flexibility index (Phi) is 7.89. The van der Waals surface area contributed by atoms with Crippen molar-refractivity contribution in [3.63, 3.8) is 0 Å². The number of carbonyl (C=O) groups excluding carboxylic acids is 1. The predicted octanol–water partition coefficient (Wildman–Crippen LogP) is 2.70. The molecule has 2 N–H and O–H groups in total. The van der Waals surface area contributed by atoms with E-state index in [-0.39, 0.29) is 24.7 Å². The number of alkyl halides is 3. The molecule has 0 spiro atoms. The zero-order chi connectivity index (χ0) is 22.3. The van der Waals surface area contributed by atoms with Crippen molar-refractivity contribution in [2.75, 3.05) is 51.2 Å². The van der Waals surface area contributed by atoms with Crippen molar-refractivity contribution in [3.05, 3.63) is 60.2 Å². The van der Waals surface area contributed by atoms with E-state index in [1.165, 1.54) is 12.1 Å². The Morgan fingerprint density at radius 1 is 1.03 bits per heavy atom. The summed E-state index contributed by atoms with van der Waals surface area (Å²) in [5, 5.41) is 12.7. The molecule has 0 bridgehead atoms. The minimum Gasteiger partial charge on any atom is -0.491 e. The molecule has 0 saturated carbocycles. The minimum absolute atomic E-state index is 0.101. The second-order valence-corrected chi connectivity index (χ2v) is 7.48. The maximum atomic E-state index is 12.8. The molecular weight excluding hydrogens is 411 g/mol. The molecule has 3 rings (SSSR count). The zero-order valence-electron chi connectivity index (χ0n) is 17.0. The first-order chi connectivity index (χ1) is 14.8. The van der Waals surface area contributed by atoms with E-state index < -0.39 is 17.8 Å². The Hall–Kier alpha value is -2.62. The Bertz CT molecular complexity index is 841. The average molecular weight is 437 g/mol. The second kappa shape index (κ2) is 10.6. The number of aliphatic hydroxyl groups excluding tert-OH is 1. The number of anilines is 1. The van der Waals surface area contributed by atoms with Crippen LogP contribution in [0.25, 0.3) is 0 Å². The van der Waals surface area contributed by atoms with E-state index in [0.29, 0.717) is 38.5 Å². The first-order valence-electron chi connectivity index (χ1n) is 10.1. The number of rotatable bonds is 8. The van der Waals surface area contributed by atoms with Gasteiger partial charge in [0.05, 0.1) is 12.1 Å². The van der Waals surface area contributed by atoms with Gasteiger partial charge >= 0.3 is 6.18 Å². The number of carbonyl (C=O) groups is 1. The SMILES string of the molecule is O=C(CN1CCN(CC(O)COc2ccccc2)CC1)Nc1cccc(C(F)(F)F)c1. The van der Waals surface area contributed by atoms with Gasteiger partial charge < -0.3 is 15.2 Å². The van der Waals surface area contributed by atoms with Crippen LogP contribution in [0, 0.1) is 0 Å². The molecule has 0 aromatic heterocycles. The molecule has 168 valence electrons. The van der Waals surface area contributed by atoms with Crippen LogP contribution < -0.4 is 10.1 Å². The summed E-state index contributed by atoms with van der Waals surface area (Å²) in [7, 11) is 0. The lowest BCUT2D eigenvalue weighted by atomic mass is 10.2. The lowest BCUT2D eigenvalue weighted by Crippen LogP contribution is -2.50. The molecule has 1 fully saturated rings. The number of benzene rings is 2. The van der Waals surface area contributed by atoms with E-state index in [2.05, 4.69) is 10.2 Å². The number of halogens is 3. The molecule has 31 heavy (non-hydrogen) atoms. The van der Waals surface area contributed by atoms with Crippen molar-refractivity contribution in [2.24, 2.45) is 0 Å². The van der Waals surface area contributed by atoms with Crippen LogP contribution in [-0.4, -0.2) is 72.8 Å². The second-order valence-electron chi connectivity index (χ2n) is 7.48. The van der Waals surface area contributed by atoms with Crippen molar-refractivity contribution in [1.29, 1.82) is 0 Å². The molecular formula is C22H26F3N3O3. The molecule has 0 aliphatic carbocycles. The van der Waals surface area contributed by atoms with Crippen molar-refractivity contribution >= 4 is 11.6 Å². The molecule has 1 atom stereocenters. The first-order valence-corrected chi connectivity index (χ1v) is 10.1. The molecule has 2 aromatic rings. The normalized spacial score (nSPS) is 16.6. The quantitative estimate of drug-likeness (QED) is 0.665. The van der Waals surface area contributed by atoms with Crippen LogP contribution >= 0.6 is 0 Å². The molecule has 1 aliphatic rings. The molecule has 1 amide bonds. The van der Waals surface area contributed by atoms with E-state index in [1.807, 2.05) is 35.2 Å². The van der Waals surface area contributed by atoms with Crippen molar-refractivity contribution < 1.29 is 27.8 Å². The standard InChI is InChI=1S/C22H26F3N3O3/c23-22(24,25)17-5-4-6-18(13-17)26-21(30)15-28-11-9-27(10-12-28)14-19(29)16-31-20-7-2-1-3-8-20/h1-8,13,19,29H,9-12,14-16H2,(H,26,30). The van der Waals surface area contributed by atoms with Crippen LogP contribution in [0.2, 0.25) is 0 Å². The lowest BCUT2D eigenvalue weighted by molar-refractivity contribution is -0.137. The van der Waals surface area contributed by atoms with Crippen molar-refractivity contribution in [2.45, 2.75) is 12.3 Å². The summed E-state index contributed by atoms with van der Waals surface area (Å²) in [6.07, 6.45) is -5.08. The number of para-hydroxylation sites is 1. The van der Waals surface area contributed by atoms with Gasteiger partial charge in [-0.3, -0.25) is 14.6 Å². The fraction of sp³-hybridized carbons (Fsp3) is 0.409. The smallest absolute Gasteiger partial charge is 0.416 e. The number of hydrogen-bond donors (Lipinski definition) is 2. The van der Waals surface area contributed by atoms with Gasteiger partial charge in [-0.05, 0) is 30.3 Å².